The number of nitrogens with zero attached hydrogens (tertiary/aromatic N) is 2. The predicted octanol–water partition coefficient (Wildman–Crippen LogP) is 3.64. The van der Waals surface area contributed by atoms with Crippen LogP contribution in [-0.2, 0) is 22.6 Å². The molecule has 4 rings (SSSR count). The van der Waals surface area contributed by atoms with Gasteiger partial charge in [-0.1, -0.05) is 18.2 Å². The Kier molecular flexibility index (Phi) is 6.71. The number of benzene rings is 1. The van der Waals surface area contributed by atoms with Crippen LogP contribution < -0.4 is 10.1 Å². The van der Waals surface area contributed by atoms with Gasteiger partial charge in [-0.3, -0.25) is 9.59 Å². The van der Waals surface area contributed by atoms with Gasteiger partial charge in [0, 0.05) is 11.1 Å². The number of hydrogen-bond acceptors (Lipinski definition) is 7. The average Bonchev–Trinajstić information content (AvgIpc) is 3.53. The molecule has 3 aromatic rings. The van der Waals surface area contributed by atoms with Crippen LogP contribution >= 0.6 is 34.4 Å². The molecule has 1 atom stereocenters. The van der Waals surface area contributed by atoms with E-state index >= 15 is 0 Å². The maximum Gasteiger partial charge on any atom is 0.244 e. The van der Waals surface area contributed by atoms with Crippen molar-refractivity contribution in [1.82, 2.24) is 15.2 Å². The summed E-state index contributed by atoms with van der Waals surface area (Å²) in [7, 11) is 1.60. The molecule has 2 amide bonds. The Balaban J connectivity index is 1.34. The monoisotopic (exact) mass is 459 g/mol. The molecule has 3 heterocycles. The van der Waals surface area contributed by atoms with Gasteiger partial charge in [-0.05, 0) is 29.1 Å². The van der Waals surface area contributed by atoms with Gasteiger partial charge in [-0.25, -0.2) is 4.98 Å². The standard InChI is InChI=1S/C21H21N3O3S3/c1-27-16-5-2-4-14(8-16)9-19(25)24-13-28-12-17(24)20(26)22-10-15-11-30-21(23-15)18-6-3-7-29-18/h2-8,11,17H,9-10,12-13H2,1H3,(H,22,26). The Labute approximate surface area is 187 Å². The maximum absolute atomic E-state index is 12.8. The number of hydrogen-bond donors (Lipinski definition) is 1. The number of nitrogens with one attached hydrogen (secondary N) is 1. The molecular weight excluding hydrogens is 438 g/mol. The van der Waals surface area contributed by atoms with E-state index in [2.05, 4.69) is 10.3 Å². The van der Waals surface area contributed by atoms with Crippen molar-refractivity contribution < 1.29 is 14.3 Å². The average molecular weight is 460 g/mol. The first-order chi connectivity index (χ1) is 14.6. The van der Waals surface area contributed by atoms with Crippen molar-refractivity contribution in [2.75, 3.05) is 18.7 Å². The van der Waals surface area contributed by atoms with Crippen LogP contribution in [0.1, 0.15) is 11.3 Å². The van der Waals surface area contributed by atoms with Gasteiger partial charge in [0.1, 0.15) is 16.8 Å². The fraction of sp³-hybridized carbons (Fsp3) is 0.286. The first kappa shape index (κ1) is 20.9. The fourth-order valence-electron chi connectivity index (χ4n) is 3.16. The molecule has 30 heavy (non-hydrogen) atoms. The van der Waals surface area contributed by atoms with Crippen molar-refractivity contribution in [2.24, 2.45) is 0 Å². The summed E-state index contributed by atoms with van der Waals surface area (Å²) in [6, 6.07) is 11.0. The van der Waals surface area contributed by atoms with Gasteiger partial charge in [0.25, 0.3) is 0 Å². The highest BCUT2D eigenvalue weighted by Gasteiger charge is 2.34. The highest BCUT2D eigenvalue weighted by Crippen LogP contribution is 2.28. The van der Waals surface area contributed by atoms with E-state index in [-0.39, 0.29) is 18.2 Å². The third-order valence-electron chi connectivity index (χ3n) is 4.72. The number of thioether (sulfide) groups is 1. The van der Waals surface area contributed by atoms with Crippen molar-refractivity contribution in [3.8, 4) is 15.6 Å². The van der Waals surface area contributed by atoms with Crippen LogP contribution in [0, 0.1) is 0 Å². The fourth-order valence-corrected chi connectivity index (χ4v) is 5.98. The summed E-state index contributed by atoms with van der Waals surface area (Å²) >= 11 is 4.81. The number of carbonyl (C=O) groups excluding carboxylic acids is 2. The van der Waals surface area contributed by atoms with Gasteiger partial charge in [-0.15, -0.1) is 34.4 Å². The highest BCUT2D eigenvalue weighted by atomic mass is 32.2. The molecule has 156 valence electrons. The van der Waals surface area contributed by atoms with Crippen molar-refractivity contribution in [1.29, 1.82) is 0 Å². The third-order valence-corrected chi connectivity index (χ3v) is 7.66. The Bertz CT molecular complexity index is 1020. The second kappa shape index (κ2) is 9.63. The summed E-state index contributed by atoms with van der Waals surface area (Å²) in [5, 5.41) is 7.89. The molecule has 1 fully saturated rings. The number of ether oxygens (including phenoxy) is 1. The number of carbonyl (C=O) groups is 2. The second-order valence-electron chi connectivity index (χ2n) is 6.75. The van der Waals surface area contributed by atoms with Gasteiger partial charge in [0.05, 0.1) is 36.5 Å². The van der Waals surface area contributed by atoms with Gasteiger partial charge in [0.15, 0.2) is 0 Å². The third kappa shape index (κ3) is 4.85. The largest absolute Gasteiger partial charge is 0.497 e. The molecule has 2 aromatic heterocycles. The lowest BCUT2D eigenvalue weighted by Crippen LogP contribution is -2.47. The van der Waals surface area contributed by atoms with E-state index in [4.69, 9.17) is 4.74 Å². The summed E-state index contributed by atoms with van der Waals surface area (Å²) < 4.78 is 5.22. The zero-order chi connectivity index (χ0) is 20.9. The Morgan fingerprint density at radius 3 is 2.97 bits per heavy atom. The molecule has 9 heteroatoms. The molecule has 0 radical (unpaired) electrons. The lowest BCUT2D eigenvalue weighted by molar-refractivity contribution is -0.137. The highest BCUT2D eigenvalue weighted by molar-refractivity contribution is 7.99. The second-order valence-corrected chi connectivity index (χ2v) is 9.55. The molecule has 1 aliphatic rings. The molecule has 1 unspecified atom stereocenters. The number of methoxy groups -OCH3 is 1. The van der Waals surface area contributed by atoms with Crippen LogP contribution in [0.3, 0.4) is 0 Å². The molecule has 1 aliphatic heterocycles. The van der Waals surface area contributed by atoms with Crippen molar-refractivity contribution in [3.05, 3.63) is 58.4 Å². The van der Waals surface area contributed by atoms with E-state index in [9.17, 15) is 9.59 Å². The van der Waals surface area contributed by atoms with Gasteiger partial charge in [-0.2, -0.15) is 0 Å². The SMILES string of the molecule is COc1cccc(CC(=O)N2CSCC2C(=O)NCc2csc(-c3cccs3)n2)c1. The predicted molar refractivity (Wildman–Crippen MR) is 122 cm³/mol. The summed E-state index contributed by atoms with van der Waals surface area (Å²) in [5.41, 5.74) is 1.70. The Morgan fingerprint density at radius 2 is 2.17 bits per heavy atom. The topological polar surface area (TPSA) is 71.5 Å². The summed E-state index contributed by atoms with van der Waals surface area (Å²) in [4.78, 5) is 33.0. The minimum Gasteiger partial charge on any atom is -0.497 e. The van der Waals surface area contributed by atoms with Crippen molar-refractivity contribution >= 4 is 46.2 Å². The molecule has 1 saturated heterocycles. The molecule has 1 aromatic carbocycles. The zero-order valence-corrected chi connectivity index (χ0v) is 18.8. The van der Waals surface area contributed by atoms with E-state index in [1.54, 1.807) is 46.4 Å². The van der Waals surface area contributed by atoms with Gasteiger partial charge >= 0.3 is 0 Å². The Hall–Kier alpha value is -2.36. The van der Waals surface area contributed by atoms with Crippen molar-refractivity contribution in [2.45, 2.75) is 19.0 Å². The minimum absolute atomic E-state index is 0.0537. The minimum atomic E-state index is -0.455. The van der Waals surface area contributed by atoms with Crippen LogP contribution in [0.5, 0.6) is 5.75 Å². The van der Waals surface area contributed by atoms with Gasteiger partial charge < -0.3 is 15.0 Å². The van der Waals surface area contributed by atoms with Crippen LogP contribution in [0.15, 0.2) is 47.2 Å². The lowest BCUT2D eigenvalue weighted by Gasteiger charge is -2.23. The molecule has 6 nitrogen and oxygen atoms in total. The summed E-state index contributed by atoms with van der Waals surface area (Å²) in [6.45, 7) is 0.361. The van der Waals surface area contributed by atoms with Crippen LogP contribution in [0.4, 0.5) is 0 Å². The molecule has 0 bridgehead atoms. The van der Waals surface area contributed by atoms with Crippen LogP contribution in [0.25, 0.3) is 9.88 Å². The first-order valence-corrected chi connectivity index (χ1v) is 12.3. The van der Waals surface area contributed by atoms with E-state index in [1.807, 2.05) is 47.2 Å². The molecule has 0 saturated carbocycles. The molecule has 0 aliphatic carbocycles. The van der Waals surface area contributed by atoms with E-state index in [0.717, 1.165) is 26.9 Å². The number of rotatable bonds is 7. The summed E-state index contributed by atoms with van der Waals surface area (Å²) in [5.74, 6) is 1.66. The quantitative estimate of drug-likeness (QED) is 0.584. The molecular formula is C21H21N3O3S3. The smallest absolute Gasteiger partial charge is 0.244 e. The number of thiazole rings is 1. The van der Waals surface area contributed by atoms with E-state index in [0.29, 0.717) is 18.2 Å². The first-order valence-electron chi connectivity index (χ1n) is 9.40. The number of amides is 2. The van der Waals surface area contributed by atoms with E-state index < -0.39 is 6.04 Å². The Morgan fingerprint density at radius 1 is 1.27 bits per heavy atom. The molecule has 0 spiro atoms. The van der Waals surface area contributed by atoms with Crippen molar-refractivity contribution in [3.63, 3.8) is 0 Å². The summed E-state index contributed by atoms with van der Waals surface area (Å²) in [6.07, 6.45) is 0.248. The lowest BCUT2D eigenvalue weighted by atomic mass is 10.1. The normalized spacial score (nSPS) is 15.9. The van der Waals surface area contributed by atoms with Gasteiger partial charge in [0.2, 0.25) is 11.8 Å². The van der Waals surface area contributed by atoms with Crippen LogP contribution in [-0.4, -0.2) is 46.5 Å². The molecule has 1 N–H and O–H groups in total. The number of aromatic nitrogens is 1. The maximum atomic E-state index is 12.8. The van der Waals surface area contributed by atoms with E-state index in [1.165, 1.54) is 0 Å². The number of thiophene rings is 1. The zero-order valence-electron chi connectivity index (χ0n) is 16.4. The van der Waals surface area contributed by atoms with Crippen LogP contribution in [0.2, 0.25) is 0 Å².